The third-order valence-corrected chi connectivity index (χ3v) is 9.02. The minimum Gasteiger partial charge on any atom is -0.497 e. The monoisotopic (exact) mass is 580 g/mol. The van der Waals surface area contributed by atoms with Crippen LogP contribution in [0.2, 0.25) is 0 Å². The zero-order valence-electron chi connectivity index (χ0n) is 25.2. The molecule has 2 aliphatic heterocycles. The second-order valence-electron chi connectivity index (χ2n) is 12.0. The first kappa shape index (κ1) is 29.5. The van der Waals surface area contributed by atoms with E-state index in [4.69, 9.17) is 14.2 Å². The van der Waals surface area contributed by atoms with Crippen LogP contribution in [0.3, 0.4) is 0 Å². The summed E-state index contributed by atoms with van der Waals surface area (Å²) in [4.78, 5) is 2.49. The van der Waals surface area contributed by atoms with Gasteiger partial charge in [-0.3, -0.25) is 0 Å². The van der Waals surface area contributed by atoms with E-state index in [9.17, 15) is 5.11 Å². The number of hydrogen-bond acceptors (Lipinski definition) is 6. The van der Waals surface area contributed by atoms with Crippen LogP contribution in [0.1, 0.15) is 49.7 Å². The van der Waals surface area contributed by atoms with E-state index in [1.54, 1.807) is 7.11 Å². The maximum atomic E-state index is 11.4. The molecule has 1 fully saturated rings. The van der Waals surface area contributed by atoms with E-state index in [2.05, 4.69) is 52.7 Å². The van der Waals surface area contributed by atoms with Crippen LogP contribution in [0.15, 0.2) is 102 Å². The molecule has 3 aromatic carbocycles. The van der Waals surface area contributed by atoms with Crippen molar-refractivity contribution in [3.05, 3.63) is 113 Å². The molecule has 1 saturated heterocycles. The number of nitrogens with one attached hydrogen (secondary N) is 1. The van der Waals surface area contributed by atoms with Gasteiger partial charge in [-0.05, 0) is 97.8 Å². The second-order valence-corrected chi connectivity index (χ2v) is 12.0. The lowest BCUT2D eigenvalue weighted by molar-refractivity contribution is -0.174. The van der Waals surface area contributed by atoms with E-state index in [1.807, 2.05) is 48.5 Å². The summed E-state index contributed by atoms with van der Waals surface area (Å²) in [5.74, 6) is 0.478. The fourth-order valence-electron chi connectivity index (χ4n) is 6.58. The Bertz CT molecular complexity index is 1380. The van der Waals surface area contributed by atoms with Gasteiger partial charge in [-0.25, -0.2) is 0 Å². The number of rotatable bonds is 11. The summed E-state index contributed by atoms with van der Waals surface area (Å²) in [5, 5.41) is 15.0. The number of nitrogens with zero attached hydrogens (tertiary/aromatic N) is 1. The molecule has 6 heteroatoms. The van der Waals surface area contributed by atoms with Crippen molar-refractivity contribution in [2.45, 2.75) is 69.4 Å². The predicted molar refractivity (Wildman–Crippen MR) is 172 cm³/mol. The van der Waals surface area contributed by atoms with Crippen LogP contribution < -0.4 is 19.7 Å². The lowest BCUT2D eigenvalue weighted by atomic mass is 9.81. The van der Waals surface area contributed by atoms with Crippen molar-refractivity contribution < 1.29 is 19.3 Å². The van der Waals surface area contributed by atoms with Gasteiger partial charge in [0.15, 0.2) is 5.79 Å². The molecule has 6 nitrogen and oxygen atoms in total. The van der Waals surface area contributed by atoms with Crippen molar-refractivity contribution >= 4 is 5.69 Å². The lowest BCUT2D eigenvalue weighted by Gasteiger charge is -2.43. The quantitative estimate of drug-likeness (QED) is 0.250. The molecule has 0 bridgehead atoms. The lowest BCUT2D eigenvalue weighted by Crippen LogP contribution is -2.45. The van der Waals surface area contributed by atoms with Crippen LogP contribution in [0.25, 0.3) is 0 Å². The van der Waals surface area contributed by atoms with Crippen LogP contribution in [0.5, 0.6) is 11.5 Å². The van der Waals surface area contributed by atoms with Crippen molar-refractivity contribution in [3.8, 4) is 11.5 Å². The Balaban J connectivity index is 1.16. The highest BCUT2D eigenvalue weighted by molar-refractivity contribution is 5.56. The minimum atomic E-state index is -1.30. The number of ether oxygens (including phenoxy) is 3. The smallest absolute Gasteiger partial charge is 0.189 e. The molecule has 0 radical (unpaired) electrons. The van der Waals surface area contributed by atoms with Gasteiger partial charge < -0.3 is 29.5 Å². The molecular weight excluding hydrogens is 536 g/mol. The molecule has 43 heavy (non-hydrogen) atoms. The molecule has 6 rings (SSSR count). The zero-order valence-corrected chi connectivity index (χ0v) is 25.2. The molecule has 0 saturated carbocycles. The van der Waals surface area contributed by atoms with Crippen molar-refractivity contribution in [1.82, 2.24) is 5.32 Å². The van der Waals surface area contributed by atoms with Gasteiger partial charge in [-0.2, -0.15) is 0 Å². The number of hydrogen-bond donors (Lipinski definition) is 2. The van der Waals surface area contributed by atoms with Crippen molar-refractivity contribution in [2.24, 2.45) is 0 Å². The van der Waals surface area contributed by atoms with E-state index in [0.717, 1.165) is 56.0 Å². The van der Waals surface area contributed by atoms with Crippen LogP contribution in [0, 0.1) is 0 Å². The van der Waals surface area contributed by atoms with Gasteiger partial charge in [-0.1, -0.05) is 60.5 Å². The van der Waals surface area contributed by atoms with Gasteiger partial charge in [0.05, 0.1) is 26.4 Å². The number of anilines is 1. The van der Waals surface area contributed by atoms with Crippen LogP contribution in [0.4, 0.5) is 5.69 Å². The third kappa shape index (κ3) is 7.50. The van der Waals surface area contributed by atoms with E-state index in [0.29, 0.717) is 19.1 Å². The van der Waals surface area contributed by atoms with Crippen LogP contribution in [-0.4, -0.2) is 49.8 Å². The minimum absolute atomic E-state index is 0.135. The summed E-state index contributed by atoms with van der Waals surface area (Å²) >= 11 is 0. The molecule has 2 N–H and O–H groups in total. The van der Waals surface area contributed by atoms with Gasteiger partial charge >= 0.3 is 0 Å². The Morgan fingerprint density at radius 2 is 1.72 bits per heavy atom. The normalized spacial score (nSPS) is 23.6. The maximum absolute atomic E-state index is 11.4. The Labute approximate surface area is 256 Å². The summed E-state index contributed by atoms with van der Waals surface area (Å²) in [5.41, 5.74) is 6.02. The van der Waals surface area contributed by atoms with Gasteiger partial charge in [0.1, 0.15) is 11.5 Å². The van der Waals surface area contributed by atoms with Crippen LogP contribution in [-0.2, 0) is 17.8 Å². The number of piperidine rings is 1. The molecule has 0 spiro atoms. The topological polar surface area (TPSA) is 63.2 Å². The molecule has 226 valence electrons. The van der Waals surface area contributed by atoms with Gasteiger partial charge in [0.2, 0.25) is 0 Å². The molecule has 3 aliphatic rings. The highest BCUT2D eigenvalue weighted by Gasteiger charge is 2.37. The summed E-state index contributed by atoms with van der Waals surface area (Å²) in [6.45, 7) is 3.11. The first-order valence-corrected chi connectivity index (χ1v) is 15.8. The number of aliphatic hydroxyl groups is 1. The molecule has 0 amide bonds. The SMILES string of the molecule is COc1ccc(N2CCC3=C(C=CC(O)(OCc4ccccc4)C3)C2Cc2ccc(OCCC3CCCCN3)cc2)cc1. The molecule has 1 aliphatic carbocycles. The average Bonchev–Trinajstić information content (AvgIpc) is 3.06. The van der Waals surface area contributed by atoms with E-state index in [-0.39, 0.29) is 6.04 Å². The highest BCUT2D eigenvalue weighted by Crippen LogP contribution is 2.39. The zero-order chi connectivity index (χ0) is 29.5. The van der Waals surface area contributed by atoms with E-state index < -0.39 is 5.79 Å². The molecular formula is C37H44N2O4. The Morgan fingerprint density at radius 3 is 2.47 bits per heavy atom. The number of methoxy groups -OCH3 is 1. The predicted octanol–water partition coefficient (Wildman–Crippen LogP) is 6.59. The largest absolute Gasteiger partial charge is 0.497 e. The van der Waals surface area contributed by atoms with Gasteiger partial charge in [0, 0.05) is 24.7 Å². The highest BCUT2D eigenvalue weighted by atomic mass is 16.6. The Kier molecular flexibility index (Phi) is 9.47. The summed E-state index contributed by atoms with van der Waals surface area (Å²) in [6.07, 6.45) is 11.1. The van der Waals surface area contributed by atoms with E-state index >= 15 is 0 Å². The van der Waals surface area contributed by atoms with Gasteiger partial charge in [-0.15, -0.1) is 0 Å². The standard InChI is InChI=1S/C37H44N2O4/c1-41-33-16-12-32(13-17-33)39-23-19-30-26-37(40,43-27-29-7-3-2-4-8-29)21-18-35(30)36(39)25-28-10-14-34(15-11-28)42-24-20-31-9-5-6-22-38-31/h2-4,7-8,10-18,21,31,36,38,40H,5-6,9,19-20,22-27H2,1H3. The van der Waals surface area contributed by atoms with Crippen molar-refractivity contribution in [1.29, 1.82) is 0 Å². The fourth-order valence-corrected chi connectivity index (χ4v) is 6.58. The second kappa shape index (κ2) is 13.8. The number of benzene rings is 3. The summed E-state index contributed by atoms with van der Waals surface area (Å²) < 4.78 is 17.6. The van der Waals surface area contributed by atoms with E-state index in [1.165, 1.54) is 41.7 Å². The van der Waals surface area contributed by atoms with Crippen molar-refractivity contribution in [3.63, 3.8) is 0 Å². The Hall–Kier alpha value is -3.58. The fraction of sp³-hybridized carbons (Fsp3) is 0.405. The maximum Gasteiger partial charge on any atom is 0.189 e. The summed E-state index contributed by atoms with van der Waals surface area (Å²) in [7, 11) is 1.70. The van der Waals surface area contributed by atoms with Crippen LogP contribution >= 0.6 is 0 Å². The summed E-state index contributed by atoms with van der Waals surface area (Å²) in [6, 6.07) is 27.7. The molecule has 2 heterocycles. The first-order chi connectivity index (χ1) is 21.1. The molecule has 3 atom stereocenters. The van der Waals surface area contributed by atoms with Gasteiger partial charge in [0.25, 0.3) is 0 Å². The Morgan fingerprint density at radius 1 is 0.930 bits per heavy atom. The molecule has 0 aromatic heterocycles. The third-order valence-electron chi connectivity index (χ3n) is 9.02. The van der Waals surface area contributed by atoms with Crippen molar-refractivity contribution in [2.75, 3.05) is 31.7 Å². The molecule has 3 aromatic rings. The first-order valence-electron chi connectivity index (χ1n) is 15.8. The average molecular weight is 581 g/mol. The molecule has 3 unspecified atom stereocenters.